The molecule has 0 radical (unpaired) electrons. The molecule has 1 aromatic carbocycles. The van der Waals surface area contributed by atoms with Crippen LogP contribution in [0.1, 0.15) is 20.7 Å². The van der Waals surface area contributed by atoms with Crippen LogP contribution in [0, 0.1) is 0 Å². The van der Waals surface area contributed by atoms with Crippen molar-refractivity contribution in [3.05, 3.63) is 28.6 Å². The summed E-state index contributed by atoms with van der Waals surface area (Å²) >= 11 is 5.47. The first-order valence-electron chi connectivity index (χ1n) is 4.05. The van der Waals surface area contributed by atoms with Gasteiger partial charge < -0.3 is 14.6 Å². The molecule has 82 valence electrons. The van der Waals surface area contributed by atoms with E-state index < -0.39 is 11.9 Å². The number of nitrogens with zero attached hydrogens (tertiary/aromatic N) is 1. The van der Waals surface area contributed by atoms with Gasteiger partial charge in [-0.2, -0.15) is 4.98 Å². The maximum Gasteiger partial charge on any atom is 0.336 e. The van der Waals surface area contributed by atoms with Crippen LogP contribution in [-0.2, 0) is 0 Å². The Balaban J connectivity index is 2.80. The Bertz CT molecular complexity index is 552. The topological polar surface area (TPSA) is 101 Å². The quantitative estimate of drug-likeness (QED) is 0.832. The lowest BCUT2D eigenvalue weighted by Gasteiger charge is -1.99. The van der Waals surface area contributed by atoms with Gasteiger partial charge in [0.05, 0.1) is 11.1 Å². The zero-order valence-electron chi connectivity index (χ0n) is 7.60. The van der Waals surface area contributed by atoms with E-state index in [0.29, 0.717) is 0 Å². The van der Waals surface area contributed by atoms with Crippen LogP contribution in [0.25, 0.3) is 11.1 Å². The number of carboxylic acid groups (broad SMARTS) is 2. The maximum absolute atomic E-state index is 10.8. The second-order valence-corrected chi connectivity index (χ2v) is 3.27. The lowest BCUT2D eigenvalue weighted by Crippen LogP contribution is -2.07. The zero-order chi connectivity index (χ0) is 11.9. The van der Waals surface area contributed by atoms with Crippen LogP contribution < -0.4 is 0 Å². The van der Waals surface area contributed by atoms with E-state index in [1.807, 2.05) is 0 Å². The summed E-state index contributed by atoms with van der Waals surface area (Å²) in [6.07, 6.45) is 0. The van der Waals surface area contributed by atoms with Crippen molar-refractivity contribution in [2.75, 3.05) is 0 Å². The van der Waals surface area contributed by atoms with Crippen molar-refractivity contribution in [1.82, 2.24) is 4.98 Å². The third-order valence-corrected chi connectivity index (χ3v) is 2.12. The minimum absolute atomic E-state index is 0.132. The van der Waals surface area contributed by atoms with Gasteiger partial charge in [-0.15, -0.1) is 0 Å². The molecule has 0 spiro atoms. The largest absolute Gasteiger partial charge is 0.478 e. The number of carboxylic acids is 2. The number of fused-ring (bicyclic) bond motifs is 1. The van der Waals surface area contributed by atoms with Crippen molar-refractivity contribution in [2.45, 2.75) is 0 Å². The van der Waals surface area contributed by atoms with Crippen LogP contribution in [0.15, 0.2) is 16.5 Å². The van der Waals surface area contributed by atoms with Crippen LogP contribution in [0.5, 0.6) is 0 Å². The number of hydrogen-bond acceptors (Lipinski definition) is 4. The van der Waals surface area contributed by atoms with Crippen molar-refractivity contribution in [3.63, 3.8) is 0 Å². The standard InChI is InChI=1S/C9H4ClNO5/c10-9-11-5-1-3(7(12)13)4(8(14)15)2-6(5)16-9/h1-2H,(H,12,13)(H,14,15). The molecule has 16 heavy (non-hydrogen) atoms. The summed E-state index contributed by atoms with van der Waals surface area (Å²) in [6, 6.07) is 2.19. The summed E-state index contributed by atoms with van der Waals surface area (Å²) in [5.74, 6) is -2.70. The van der Waals surface area contributed by atoms with Gasteiger partial charge >= 0.3 is 11.9 Å². The molecule has 0 amide bonds. The lowest BCUT2D eigenvalue weighted by atomic mass is 10.1. The fraction of sp³-hybridized carbons (Fsp3) is 0. The molecular weight excluding hydrogens is 238 g/mol. The number of aromatic carboxylic acids is 2. The number of rotatable bonds is 2. The van der Waals surface area contributed by atoms with Crippen molar-refractivity contribution >= 4 is 34.6 Å². The van der Waals surface area contributed by atoms with E-state index in [-0.39, 0.29) is 27.6 Å². The Kier molecular flexibility index (Phi) is 2.28. The van der Waals surface area contributed by atoms with Crippen LogP contribution >= 0.6 is 11.6 Å². The summed E-state index contributed by atoms with van der Waals surface area (Å²) < 4.78 is 4.89. The fourth-order valence-electron chi connectivity index (χ4n) is 1.30. The summed E-state index contributed by atoms with van der Waals surface area (Å²) in [4.78, 5) is 25.3. The molecule has 0 aliphatic carbocycles. The number of benzene rings is 1. The SMILES string of the molecule is O=C(O)c1cc2nc(Cl)oc2cc1C(=O)O. The van der Waals surface area contributed by atoms with Gasteiger partial charge in [-0.3, -0.25) is 0 Å². The number of halogens is 1. The van der Waals surface area contributed by atoms with E-state index in [0.717, 1.165) is 12.1 Å². The lowest BCUT2D eigenvalue weighted by molar-refractivity contribution is 0.0652. The average molecular weight is 242 g/mol. The second-order valence-electron chi connectivity index (χ2n) is 2.94. The summed E-state index contributed by atoms with van der Waals surface area (Å²) in [7, 11) is 0. The third kappa shape index (κ3) is 1.59. The molecule has 0 saturated heterocycles. The molecule has 0 saturated carbocycles. The molecule has 1 heterocycles. The highest BCUT2D eigenvalue weighted by Crippen LogP contribution is 2.23. The third-order valence-electron chi connectivity index (χ3n) is 1.96. The Morgan fingerprint density at radius 2 is 1.75 bits per heavy atom. The smallest absolute Gasteiger partial charge is 0.336 e. The fourth-order valence-corrected chi connectivity index (χ4v) is 1.47. The highest BCUT2D eigenvalue weighted by Gasteiger charge is 2.19. The Labute approximate surface area is 93.1 Å². The number of aromatic nitrogens is 1. The van der Waals surface area contributed by atoms with E-state index in [9.17, 15) is 9.59 Å². The van der Waals surface area contributed by atoms with Crippen molar-refractivity contribution in [1.29, 1.82) is 0 Å². The Morgan fingerprint density at radius 3 is 2.31 bits per heavy atom. The van der Waals surface area contributed by atoms with Crippen molar-refractivity contribution in [2.24, 2.45) is 0 Å². The van der Waals surface area contributed by atoms with Gasteiger partial charge in [-0.25, -0.2) is 9.59 Å². The van der Waals surface area contributed by atoms with Crippen LogP contribution in [0.3, 0.4) is 0 Å². The summed E-state index contributed by atoms with van der Waals surface area (Å²) in [5.41, 5.74) is -0.391. The van der Waals surface area contributed by atoms with E-state index in [2.05, 4.69) is 4.98 Å². The molecule has 7 heteroatoms. The molecule has 0 unspecified atom stereocenters. The zero-order valence-corrected chi connectivity index (χ0v) is 8.35. The maximum atomic E-state index is 10.8. The van der Waals surface area contributed by atoms with E-state index >= 15 is 0 Å². The molecule has 0 bridgehead atoms. The van der Waals surface area contributed by atoms with Gasteiger partial charge in [0.25, 0.3) is 5.35 Å². The Morgan fingerprint density at radius 1 is 1.19 bits per heavy atom. The first-order valence-corrected chi connectivity index (χ1v) is 4.43. The molecule has 1 aromatic heterocycles. The second kappa shape index (κ2) is 3.49. The van der Waals surface area contributed by atoms with Gasteiger partial charge in [0.1, 0.15) is 5.52 Å². The predicted molar refractivity (Wildman–Crippen MR) is 52.9 cm³/mol. The van der Waals surface area contributed by atoms with E-state index in [1.165, 1.54) is 0 Å². The van der Waals surface area contributed by atoms with E-state index in [1.54, 1.807) is 0 Å². The van der Waals surface area contributed by atoms with Gasteiger partial charge in [0.15, 0.2) is 5.58 Å². The number of carbonyl (C=O) groups is 2. The molecule has 0 aliphatic rings. The Hall–Kier alpha value is -2.08. The molecule has 2 aromatic rings. The van der Waals surface area contributed by atoms with Crippen molar-refractivity contribution in [3.8, 4) is 0 Å². The van der Waals surface area contributed by atoms with Gasteiger partial charge in [-0.1, -0.05) is 0 Å². The highest BCUT2D eigenvalue weighted by atomic mass is 35.5. The molecule has 0 fully saturated rings. The number of hydrogen-bond donors (Lipinski definition) is 2. The molecule has 6 nitrogen and oxygen atoms in total. The monoisotopic (exact) mass is 241 g/mol. The molecule has 0 aliphatic heterocycles. The van der Waals surface area contributed by atoms with E-state index in [4.69, 9.17) is 26.2 Å². The van der Waals surface area contributed by atoms with Crippen LogP contribution in [-0.4, -0.2) is 27.1 Å². The molecule has 2 rings (SSSR count). The average Bonchev–Trinajstić information content (AvgIpc) is 2.54. The first kappa shape index (κ1) is 10.4. The molecule has 2 N–H and O–H groups in total. The van der Waals surface area contributed by atoms with Crippen molar-refractivity contribution < 1.29 is 24.2 Å². The highest BCUT2D eigenvalue weighted by molar-refractivity contribution is 6.28. The minimum Gasteiger partial charge on any atom is -0.478 e. The van der Waals surface area contributed by atoms with Gasteiger partial charge in [0, 0.05) is 0 Å². The summed E-state index contributed by atoms with van der Waals surface area (Å²) in [6.45, 7) is 0. The normalized spacial score (nSPS) is 10.6. The molecule has 0 atom stereocenters. The predicted octanol–water partition coefficient (Wildman–Crippen LogP) is 1.88. The van der Waals surface area contributed by atoms with Crippen LogP contribution in [0.2, 0.25) is 5.35 Å². The first-order chi connectivity index (χ1) is 7.49. The van der Waals surface area contributed by atoms with Gasteiger partial charge in [0.2, 0.25) is 0 Å². The minimum atomic E-state index is -1.35. The molecular formula is C9H4ClNO5. The van der Waals surface area contributed by atoms with Gasteiger partial charge in [-0.05, 0) is 23.7 Å². The number of oxazole rings is 1. The van der Waals surface area contributed by atoms with Crippen LogP contribution in [0.4, 0.5) is 0 Å². The summed E-state index contributed by atoms with van der Waals surface area (Å²) in [5, 5.41) is 17.5.